The molecule has 1 aromatic carbocycles. The van der Waals surface area contributed by atoms with Crippen molar-refractivity contribution >= 4 is 17.7 Å². The summed E-state index contributed by atoms with van der Waals surface area (Å²) in [5.74, 6) is -0.785. The number of carbonyl (C=O) groups is 3. The minimum Gasteiger partial charge on any atom is -0.508 e. The van der Waals surface area contributed by atoms with Crippen LogP contribution in [0.5, 0.6) is 5.75 Å². The number of likely N-dealkylation sites (tertiary alicyclic amines) is 1. The van der Waals surface area contributed by atoms with E-state index in [9.17, 15) is 19.5 Å². The van der Waals surface area contributed by atoms with Gasteiger partial charge in [-0.1, -0.05) is 0 Å². The summed E-state index contributed by atoms with van der Waals surface area (Å²) in [5, 5.41) is 15.0. The first kappa shape index (κ1) is 18.5. The summed E-state index contributed by atoms with van der Waals surface area (Å²) in [7, 11) is 0. The van der Waals surface area contributed by atoms with Gasteiger partial charge in [-0.15, -0.1) is 0 Å². The zero-order valence-electron chi connectivity index (χ0n) is 14.9. The van der Waals surface area contributed by atoms with Crippen LogP contribution < -0.4 is 10.6 Å². The van der Waals surface area contributed by atoms with Crippen LogP contribution in [0.15, 0.2) is 42.6 Å². The van der Waals surface area contributed by atoms with Crippen LogP contribution in [0, 0.1) is 0 Å². The van der Waals surface area contributed by atoms with Crippen LogP contribution >= 0.6 is 0 Å². The number of likely N-dealkylation sites (N-methyl/N-ethyl adjacent to an activating group) is 1. The van der Waals surface area contributed by atoms with Gasteiger partial charge in [0.15, 0.2) is 0 Å². The zero-order valence-corrected chi connectivity index (χ0v) is 14.9. The molecule has 0 radical (unpaired) electrons. The molecule has 0 spiro atoms. The molecule has 0 bridgehead atoms. The summed E-state index contributed by atoms with van der Waals surface area (Å²) in [6.07, 6.45) is 1.99. The highest BCUT2D eigenvalue weighted by molar-refractivity contribution is 5.98. The second-order valence-corrected chi connectivity index (χ2v) is 6.40. The van der Waals surface area contributed by atoms with Crippen molar-refractivity contribution in [2.24, 2.45) is 0 Å². The molecule has 3 rings (SSSR count). The van der Waals surface area contributed by atoms with E-state index < -0.39 is 6.04 Å². The minimum atomic E-state index is -0.666. The van der Waals surface area contributed by atoms with Crippen LogP contribution in [0.2, 0.25) is 0 Å². The molecule has 4 N–H and O–H groups in total. The van der Waals surface area contributed by atoms with Crippen molar-refractivity contribution in [1.29, 1.82) is 0 Å². The summed E-state index contributed by atoms with van der Waals surface area (Å²) >= 11 is 0. The van der Waals surface area contributed by atoms with Crippen LogP contribution in [0.4, 0.5) is 0 Å². The Labute approximate surface area is 156 Å². The van der Waals surface area contributed by atoms with Crippen molar-refractivity contribution in [3.63, 3.8) is 0 Å². The maximum absolute atomic E-state index is 12.9. The molecule has 3 amide bonds. The van der Waals surface area contributed by atoms with E-state index in [0.717, 1.165) is 0 Å². The van der Waals surface area contributed by atoms with E-state index in [-0.39, 0.29) is 36.1 Å². The molecule has 27 heavy (non-hydrogen) atoms. The van der Waals surface area contributed by atoms with E-state index in [2.05, 4.69) is 15.6 Å². The lowest BCUT2D eigenvalue weighted by atomic mass is 10.1. The molecule has 142 valence electrons. The number of nitrogens with one attached hydrogen (secondary N) is 3. The lowest BCUT2D eigenvalue weighted by Gasteiger charge is -2.23. The first-order valence-corrected chi connectivity index (χ1v) is 8.81. The van der Waals surface area contributed by atoms with Crippen LogP contribution in [0.25, 0.3) is 0 Å². The molecule has 1 saturated heterocycles. The van der Waals surface area contributed by atoms with Crippen molar-refractivity contribution in [2.45, 2.75) is 25.4 Å². The number of nitrogens with zero attached hydrogens (tertiary/aromatic N) is 1. The molecule has 1 aliphatic rings. The Balaban J connectivity index is 1.77. The normalized spacial score (nSPS) is 18.9. The number of amides is 3. The molecule has 8 heteroatoms. The predicted molar refractivity (Wildman–Crippen MR) is 98.3 cm³/mol. The second-order valence-electron chi connectivity index (χ2n) is 6.40. The Morgan fingerprint density at radius 1 is 1.22 bits per heavy atom. The molecule has 0 unspecified atom stereocenters. The highest BCUT2D eigenvalue weighted by Gasteiger charge is 2.40. The first-order chi connectivity index (χ1) is 13.0. The Bertz CT molecular complexity index is 817. The summed E-state index contributed by atoms with van der Waals surface area (Å²) < 4.78 is 0. The van der Waals surface area contributed by atoms with Crippen molar-refractivity contribution < 1.29 is 19.5 Å². The molecule has 2 aromatic rings. The van der Waals surface area contributed by atoms with E-state index in [0.29, 0.717) is 24.2 Å². The zero-order chi connectivity index (χ0) is 19.4. The largest absolute Gasteiger partial charge is 0.508 e. The van der Waals surface area contributed by atoms with Crippen LogP contribution in [0.3, 0.4) is 0 Å². The molecule has 8 nitrogen and oxygen atoms in total. The van der Waals surface area contributed by atoms with Gasteiger partial charge in [-0.3, -0.25) is 14.4 Å². The quantitative estimate of drug-likeness (QED) is 0.625. The number of hydrogen-bond acceptors (Lipinski definition) is 4. The average Bonchev–Trinajstić information content (AvgIpc) is 3.32. The SMILES string of the molecule is CCNC(=O)[C@@H]1C[C@H](NC(=O)c2ccc[nH]2)CN1C(=O)c1ccc(O)cc1. The van der Waals surface area contributed by atoms with Crippen molar-refractivity contribution in [2.75, 3.05) is 13.1 Å². The van der Waals surface area contributed by atoms with E-state index in [1.807, 2.05) is 6.92 Å². The fraction of sp³-hybridized carbons (Fsp3) is 0.316. The lowest BCUT2D eigenvalue weighted by molar-refractivity contribution is -0.124. The maximum Gasteiger partial charge on any atom is 0.267 e. The summed E-state index contributed by atoms with van der Waals surface area (Å²) in [6, 6.07) is 8.25. The fourth-order valence-electron chi connectivity index (χ4n) is 3.21. The molecule has 2 atom stereocenters. The second kappa shape index (κ2) is 7.94. The Hall–Kier alpha value is -3.29. The monoisotopic (exact) mass is 370 g/mol. The van der Waals surface area contributed by atoms with E-state index >= 15 is 0 Å². The van der Waals surface area contributed by atoms with Crippen LogP contribution in [0.1, 0.15) is 34.2 Å². The molecule has 0 aliphatic carbocycles. The number of phenols is 1. The van der Waals surface area contributed by atoms with Crippen molar-refractivity contribution in [3.8, 4) is 5.75 Å². The number of benzene rings is 1. The van der Waals surface area contributed by atoms with Gasteiger partial charge in [0.1, 0.15) is 17.5 Å². The van der Waals surface area contributed by atoms with E-state index in [1.165, 1.54) is 29.2 Å². The van der Waals surface area contributed by atoms with Crippen molar-refractivity contribution in [1.82, 2.24) is 20.5 Å². The third-order valence-corrected chi connectivity index (χ3v) is 4.51. The molecule has 1 aliphatic heterocycles. The highest BCUT2D eigenvalue weighted by Crippen LogP contribution is 2.22. The average molecular weight is 370 g/mol. The minimum absolute atomic E-state index is 0.0596. The highest BCUT2D eigenvalue weighted by atomic mass is 16.3. The smallest absolute Gasteiger partial charge is 0.267 e. The summed E-state index contributed by atoms with van der Waals surface area (Å²) in [6.45, 7) is 2.49. The van der Waals surface area contributed by atoms with Gasteiger partial charge < -0.3 is 25.6 Å². The van der Waals surface area contributed by atoms with Crippen LogP contribution in [-0.4, -0.2) is 57.9 Å². The van der Waals surface area contributed by atoms with Gasteiger partial charge in [0, 0.05) is 30.9 Å². The molecule has 1 fully saturated rings. The number of H-pyrrole nitrogens is 1. The van der Waals surface area contributed by atoms with Gasteiger partial charge >= 0.3 is 0 Å². The molecular formula is C19H22N4O4. The number of rotatable bonds is 5. The third kappa shape index (κ3) is 4.11. The van der Waals surface area contributed by atoms with E-state index in [1.54, 1.807) is 18.3 Å². The van der Waals surface area contributed by atoms with Gasteiger partial charge in [-0.25, -0.2) is 0 Å². The predicted octanol–water partition coefficient (Wildman–Crippen LogP) is 0.869. The number of phenolic OH excluding ortho intramolecular Hbond substituents is 1. The molecule has 1 aromatic heterocycles. The van der Waals surface area contributed by atoms with Gasteiger partial charge in [0.05, 0.1) is 0 Å². The number of aromatic nitrogens is 1. The molecule has 0 saturated carbocycles. The maximum atomic E-state index is 12.9. The first-order valence-electron chi connectivity index (χ1n) is 8.81. The number of carbonyl (C=O) groups excluding carboxylic acids is 3. The van der Waals surface area contributed by atoms with Gasteiger partial charge in [0.25, 0.3) is 11.8 Å². The summed E-state index contributed by atoms with van der Waals surface area (Å²) in [5.41, 5.74) is 0.798. The number of hydrogen-bond donors (Lipinski definition) is 4. The standard InChI is InChI=1S/C19H22N4O4/c1-2-20-18(26)16-10-13(22-17(25)15-4-3-9-21-15)11-23(16)19(27)12-5-7-14(24)8-6-12/h3-9,13,16,21,24H,2,10-11H2,1H3,(H,20,26)(H,22,25)/t13-,16-/m0/s1. The van der Waals surface area contributed by atoms with Crippen molar-refractivity contribution in [3.05, 3.63) is 53.9 Å². The number of aromatic amines is 1. The lowest BCUT2D eigenvalue weighted by Crippen LogP contribution is -2.46. The Kier molecular flexibility index (Phi) is 5.44. The molecule has 2 heterocycles. The Morgan fingerprint density at radius 2 is 1.96 bits per heavy atom. The van der Waals surface area contributed by atoms with E-state index in [4.69, 9.17) is 0 Å². The van der Waals surface area contributed by atoms with Gasteiger partial charge in [0.2, 0.25) is 5.91 Å². The number of aromatic hydroxyl groups is 1. The third-order valence-electron chi connectivity index (χ3n) is 4.51. The van der Waals surface area contributed by atoms with Gasteiger partial charge in [-0.05, 0) is 49.7 Å². The van der Waals surface area contributed by atoms with Crippen LogP contribution in [-0.2, 0) is 4.79 Å². The molecular weight excluding hydrogens is 348 g/mol. The topological polar surface area (TPSA) is 115 Å². The summed E-state index contributed by atoms with van der Waals surface area (Å²) in [4.78, 5) is 41.9. The van der Waals surface area contributed by atoms with Gasteiger partial charge in [-0.2, -0.15) is 0 Å². The fourth-order valence-corrected chi connectivity index (χ4v) is 3.21. The Morgan fingerprint density at radius 3 is 2.59 bits per heavy atom.